The van der Waals surface area contributed by atoms with Crippen molar-refractivity contribution in [2.24, 2.45) is 5.41 Å². The van der Waals surface area contributed by atoms with Crippen molar-refractivity contribution in [1.82, 2.24) is 29.3 Å². The van der Waals surface area contributed by atoms with Gasteiger partial charge in [-0.1, -0.05) is 0 Å². The summed E-state index contributed by atoms with van der Waals surface area (Å²) in [7, 11) is 0. The molecule has 1 N–H and O–H groups in total. The summed E-state index contributed by atoms with van der Waals surface area (Å²) in [6, 6.07) is 3.52. The highest BCUT2D eigenvalue weighted by molar-refractivity contribution is 5.64. The molecule has 1 spiro atoms. The van der Waals surface area contributed by atoms with Crippen molar-refractivity contribution in [2.75, 3.05) is 13.1 Å². The molecule has 6 nitrogen and oxygen atoms in total. The molecule has 1 atom stereocenters. The minimum absolute atomic E-state index is 0.306. The molecule has 1 aliphatic heterocycles. The Balaban J connectivity index is 1.37. The highest BCUT2D eigenvalue weighted by Crippen LogP contribution is 2.51. The Bertz CT molecular complexity index is 1300. The quantitative estimate of drug-likeness (QED) is 0.523. The summed E-state index contributed by atoms with van der Waals surface area (Å²) in [6.45, 7) is 6.18. The van der Waals surface area contributed by atoms with Crippen molar-refractivity contribution in [1.29, 1.82) is 0 Å². The van der Waals surface area contributed by atoms with Gasteiger partial charge < -0.3 is 9.72 Å². The molecule has 5 heterocycles. The van der Waals surface area contributed by atoms with Gasteiger partial charge in [0.05, 0.1) is 23.3 Å². The molecule has 1 saturated carbocycles. The van der Waals surface area contributed by atoms with Gasteiger partial charge in [0.1, 0.15) is 0 Å². The number of halogens is 1. The van der Waals surface area contributed by atoms with Crippen LogP contribution in [0.15, 0.2) is 30.7 Å². The Morgan fingerprint density at radius 1 is 1.03 bits per heavy atom. The van der Waals surface area contributed by atoms with Crippen molar-refractivity contribution in [2.45, 2.75) is 51.9 Å². The number of pyridine rings is 1. The van der Waals surface area contributed by atoms with Crippen LogP contribution in [0.3, 0.4) is 0 Å². The predicted octanol–water partition coefficient (Wildman–Crippen LogP) is 4.44. The van der Waals surface area contributed by atoms with Crippen LogP contribution in [0.1, 0.15) is 55.0 Å². The largest absolute Gasteiger partial charge is 0.317 e. The Morgan fingerprint density at radius 3 is 2.71 bits per heavy atom. The molecule has 2 aliphatic rings. The molecule has 2 fully saturated rings. The number of rotatable bonds is 2. The first-order chi connectivity index (χ1) is 15.0. The van der Waals surface area contributed by atoms with Gasteiger partial charge in [0, 0.05) is 23.9 Å². The minimum atomic E-state index is -0.306. The number of nitrogens with zero attached hydrogens (tertiary/aromatic N) is 5. The molecule has 4 aromatic rings. The van der Waals surface area contributed by atoms with Gasteiger partial charge in [-0.05, 0) is 82.2 Å². The normalized spacial score (nSPS) is 20.9. The zero-order valence-electron chi connectivity index (χ0n) is 18.0. The summed E-state index contributed by atoms with van der Waals surface area (Å²) in [5.74, 6) is 0.117. The minimum Gasteiger partial charge on any atom is -0.317 e. The lowest BCUT2D eigenvalue weighted by molar-refractivity contribution is 0.207. The van der Waals surface area contributed by atoms with Crippen LogP contribution in [-0.4, -0.2) is 37.1 Å². The molecule has 7 heteroatoms. The third-order valence-corrected chi connectivity index (χ3v) is 7.34. The molecular formula is C24H27FN6. The summed E-state index contributed by atoms with van der Waals surface area (Å²) >= 11 is 0. The summed E-state index contributed by atoms with van der Waals surface area (Å²) in [4.78, 5) is 9.22. The molecular weight excluding hydrogens is 391 g/mol. The second-order valence-electron chi connectivity index (χ2n) is 9.53. The van der Waals surface area contributed by atoms with E-state index in [0.717, 1.165) is 53.4 Å². The molecule has 0 aromatic carbocycles. The molecule has 6 rings (SSSR count). The molecule has 1 saturated heterocycles. The van der Waals surface area contributed by atoms with Crippen LogP contribution in [0, 0.1) is 25.1 Å². The molecule has 0 unspecified atom stereocenters. The van der Waals surface area contributed by atoms with Crippen LogP contribution in [0.2, 0.25) is 0 Å². The zero-order valence-corrected chi connectivity index (χ0v) is 18.0. The molecule has 1 aliphatic carbocycles. The van der Waals surface area contributed by atoms with Crippen molar-refractivity contribution in [3.63, 3.8) is 0 Å². The van der Waals surface area contributed by atoms with Gasteiger partial charge in [-0.15, -0.1) is 0 Å². The van der Waals surface area contributed by atoms with Gasteiger partial charge >= 0.3 is 0 Å². The molecule has 0 bridgehead atoms. The monoisotopic (exact) mass is 418 g/mol. The smallest absolute Gasteiger partial charge is 0.173 e. The first-order valence-corrected chi connectivity index (χ1v) is 11.2. The van der Waals surface area contributed by atoms with Crippen molar-refractivity contribution in [3.8, 4) is 11.3 Å². The van der Waals surface area contributed by atoms with E-state index in [-0.39, 0.29) is 5.82 Å². The lowest BCUT2D eigenvalue weighted by Gasteiger charge is -2.34. The number of fused-ring (bicyclic) bond motifs is 2. The van der Waals surface area contributed by atoms with E-state index in [1.165, 1.54) is 25.7 Å². The Hall–Kier alpha value is -2.80. The van der Waals surface area contributed by atoms with Crippen LogP contribution in [0.25, 0.3) is 22.6 Å². The number of piperidine rings is 1. The molecule has 0 amide bonds. The lowest BCUT2D eigenvalue weighted by atomic mass is 9.77. The fourth-order valence-electron chi connectivity index (χ4n) is 5.67. The maximum atomic E-state index is 15.1. The van der Waals surface area contributed by atoms with Crippen LogP contribution in [-0.2, 0) is 0 Å². The number of imidazole rings is 2. The van der Waals surface area contributed by atoms with E-state index < -0.39 is 0 Å². The summed E-state index contributed by atoms with van der Waals surface area (Å²) in [5.41, 5.74) is 6.12. The number of nitrogens with one attached hydrogen (secondary N) is 1. The molecule has 0 radical (unpaired) electrons. The number of hydrogen-bond acceptors (Lipinski definition) is 4. The van der Waals surface area contributed by atoms with Gasteiger partial charge in [0.15, 0.2) is 17.1 Å². The van der Waals surface area contributed by atoms with Crippen molar-refractivity contribution in [3.05, 3.63) is 53.5 Å². The first kappa shape index (κ1) is 18.9. The lowest BCUT2D eigenvalue weighted by Crippen LogP contribution is -2.35. The SMILES string of the molecule is Cc1cn2nc(-c3cc(F)c4nc([C@@H]5CCC6(CCNCC6)C5)cn4c3)cc(C)c2n1. The van der Waals surface area contributed by atoms with E-state index in [1.54, 1.807) is 10.6 Å². The summed E-state index contributed by atoms with van der Waals surface area (Å²) < 4.78 is 18.7. The summed E-state index contributed by atoms with van der Waals surface area (Å²) in [6.07, 6.45) is 11.9. The van der Waals surface area contributed by atoms with Crippen molar-refractivity contribution >= 4 is 11.3 Å². The van der Waals surface area contributed by atoms with E-state index in [4.69, 9.17) is 4.98 Å². The van der Waals surface area contributed by atoms with E-state index in [2.05, 4.69) is 15.4 Å². The Kier molecular flexibility index (Phi) is 4.18. The topological polar surface area (TPSA) is 59.5 Å². The van der Waals surface area contributed by atoms with Crippen molar-refractivity contribution < 1.29 is 4.39 Å². The fourth-order valence-corrected chi connectivity index (χ4v) is 5.67. The van der Waals surface area contributed by atoms with E-state index >= 15 is 4.39 Å². The van der Waals surface area contributed by atoms with Crippen LogP contribution >= 0.6 is 0 Å². The predicted molar refractivity (Wildman–Crippen MR) is 118 cm³/mol. The molecule has 160 valence electrons. The van der Waals surface area contributed by atoms with Gasteiger partial charge in [0.25, 0.3) is 0 Å². The number of aromatic nitrogens is 5. The average molecular weight is 419 g/mol. The number of hydrogen-bond donors (Lipinski definition) is 1. The van der Waals surface area contributed by atoms with Gasteiger partial charge in [-0.3, -0.25) is 0 Å². The Morgan fingerprint density at radius 2 is 1.87 bits per heavy atom. The second kappa shape index (κ2) is 6.85. The fraction of sp³-hybridized carbons (Fsp3) is 0.458. The van der Waals surface area contributed by atoms with Gasteiger partial charge in [0.2, 0.25) is 0 Å². The summed E-state index contributed by atoms with van der Waals surface area (Å²) in [5, 5.41) is 8.14. The van der Waals surface area contributed by atoms with Crippen LogP contribution in [0.4, 0.5) is 4.39 Å². The standard InChI is InChI=1S/C24H27FN6/c1-15-9-20(29-31-12-16(2)27-22(15)31)18-10-19(25)23-28-21(14-30(23)13-18)17-3-4-24(11-17)5-7-26-8-6-24/h9-10,12-14,17,26H,3-8,11H2,1-2H3/t17-/m1/s1. The third-order valence-electron chi connectivity index (χ3n) is 7.34. The van der Waals surface area contributed by atoms with E-state index in [9.17, 15) is 0 Å². The maximum absolute atomic E-state index is 15.1. The zero-order chi connectivity index (χ0) is 21.2. The molecule has 4 aromatic heterocycles. The van der Waals surface area contributed by atoms with Gasteiger partial charge in [-0.2, -0.15) is 5.10 Å². The second-order valence-corrected chi connectivity index (χ2v) is 9.53. The van der Waals surface area contributed by atoms with E-state index in [0.29, 0.717) is 17.0 Å². The Labute approximate surface area is 180 Å². The average Bonchev–Trinajstić information content (AvgIpc) is 3.45. The highest BCUT2D eigenvalue weighted by Gasteiger charge is 2.41. The first-order valence-electron chi connectivity index (χ1n) is 11.2. The third kappa shape index (κ3) is 3.14. The number of aryl methyl sites for hydroxylation is 2. The highest BCUT2D eigenvalue weighted by atomic mass is 19.1. The molecule has 31 heavy (non-hydrogen) atoms. The van der Waals surface area contributed by atoms with E-state index in [1.807, 2.05) is 42.9 Å². The van der Waals surface area contributed by atoms with Gasteiger partial charge in [-0.25, -0.2) is 18.9 Å². The van der Waals surface area contributed by atoms with Crippen LogP contribution < -0.4 is 5.32 Å². The maximum Gasteiger partial charge on any atom is 0.173 e. The van der Waals surface area contributed by atoms with Crippen LogP contribution in [0.5, 0.6) is 0 Å².